The van der Waals surface area contributed by atoms with Crippen molar-refractivity contribution in [3.63, 3.8) is 0 Å². The quantitative estimate of drug-likeness (QED) is 0.331. The van der Waals surface area contributed by atoms with Gasteiger partial charge in [-0.05, 0) is 0 Å². The molecule has 1 saturated heterocycles. The largest absolute Gasteiger partial charge is 0 e. The van der Waals surface area contributed by atoms with Crippen molar-refractivity contribution in [1.82, 2.24) is 9.88 Å². The predicted octanol–water partition coefficient (Wildman–Crippen LogP) is 3.35. The van der Waals surface area contributed by atoms with E-state index in [1.807, 2.05) is 36.4 Å². The molecular weight excluding hydrogens is 542 g/mol. The van der Waals surface area contributed by atoms with E-state index >= 15 is 0 Å². The zero-order valence-electron chi connectivity index (χ0n) is 19.0. The van der Waals surface area contributed by atoms with Gasteiger partial charge in [0.25, 0.3) is 0 Å². The molecule has 0 unspecified atom stereocenters. The number of nitrogens with one attached hydrogen (secondary N) is 1. The second kappa shape index (κ2) is 12.5. The first-order chi connectivity index (χ1) is 16.1. The fourth-order valence-electron chi connectivity index (χ4n) is 3.85. The van der Waals surface area contributed by atoms with E-state index in [0.29, 0.717) is 23.7 Å². The van der Waals surface area contributed by atoms with Crippen molar-refractivity contribution in [1.29, 1.82) is 5.26 Å². The van der Waals surface area contributed by atoms with E-state index in [0.717, 1.165) is 52.9 Å². The van der Waals surface area contributed by atoms with Crippen LogP contribution in [0.25, 0.3) is 10.9 Å². The number of benzene rings is 2. The molecule has 0 saturated carbocycles. The summed E-state index contributed by atoms with van der Waals surface area (Å²) in [7, 11) is 1.61. The molecule has 0 spiro atoms. The van der Waals surface area contributed by atoms with Crippen molar-refractivity contribution in [3.8, 4) is 17.6 Å². The Balaban J connectivity index is 0.00000324. The number of piperazine rings is 1. The van der Waals surface area contributed by atoms with Gasteiger partial charge in [0.15, 0.2) is 0 Å². The number of nitriles is 1. The molecule has 0 aliphatic carbocycles. The Morgan fingerprint density at radius 3 is 2.65 bits per heavy atom. The molecule has 4 rings (SSSR count). The van der Waals surface area contributed by atoms with Crippen molar-refractivity contribution in [2.45, 2.75) is 0 Å². The maximum Gasteiger partial charge on any atom is 0 e. The number of anilines is 2. The molecule has 1 fully saturated rings. The van der Waals surface area contributed by atoms with Crippen molar-refractivity contribution in [3.05, 3.63) is 66.9 Å². The molecule has 1 N–H and O–H groups in total. The summed E-state index contributed by atoms with van der Waals surface area (Å²) in [5.74, 6) is 1.21. The summed E-state index contributed by atoms with van der Waals surface area (Å²) in [6, 6.07) is 16.9. The first-order valence-corrected chi connectivity index (χ1v) is 11.3. The van der Waals surface area contributed by atoms with Gasteiger partial charge in [-0.3, -0.25) is 0 Å². The fraction of sp³-hybridized carbons (Fsp3) is 0.240. The maximum atomic E-state index is 9.80. The smallest absolute Gasteiger partial charge is 0 e. The minimum atomic E-state index is 0. The average molecular weight is 566 g/mol. The zero-order chi connectivity index (χ0) is 23.2. The average Bonchev–Trinajstić information content (AvgIpc) is 2.86. The van der Waals surface area contributed by atoms with Gasteiger partial charge in [-0.1, -0.05) is 12.7 Å². The molecule has 9 heteroatoms. The number of pyridine rings is 1. The van der Waals surface area contributed by atoms with Crippen LogP contribution in [-0.4, -0.2) is 54.3 Å². The minimum absolute atomic E-state index is 0. The number of methoxy groups -OCH3 is 1. The van der Waals surface area contributed by atoms with Gasteiger partial charge < -0.3 is 0 Å². The molecule has 7 nitrogen and oxygen atoms in total. The molecule has 1 aliphatic rings. The summed E-state index contributed by atoms with van der Waals surface area (Å²) in [6.07, 6.45) is 3.32. The Morgan fingerprint density at radius 1 is 1.26 bits per heavy atom. The van der Waals surface area contributed by atoms with Gasteiger partial charge in [0.05, 0.1) is 0 Å². The Bertz CT molecular complexity index is 1210. The van der Waals surface area contributed by atoms with Gasteiger partial charge in [0, 0.05) is 32.7 Å². The Kier molecular flexibility index (Phi) is 9.70. The third-order valence-corrected chi connectivity index (χ3v) is 6.09. The molecule has 0 bridgehead atoms. The molecule has 1 aliphatic heterocycles. The van der Waals surface area contributed by atoms with Crippen molar-refractivity contribution in [2.24, 2.45) is 0 Å². The monoisotopic (exact) mass is 566 g/mol. The number of aromatic nitrogens is 1. The van der Waals surface area contributed by atoms with E-state index in [-0.39, 0.29) is 32.7 Å². The summed E-state index contributed by atoms with van der Waals surface area (Å²) in [4.78, 5) is 9.05. The van der Waals surface area contributed by atoms with Crippen LogP contribution in [0.3, 0.4) is 0 Å². The van der Waals surface area contributed by atoms with Gasteiger partial charge >= 0.3 is 190 Å². The second-order valence-corrected chi connectivity index (χ2v) is 8.13. The normalized spacial score (nSPS) is 13.4. The minimum Gasteiger partial charge on any atom is 0 e. The van der Waals surface area contributed by atoms with Crippen molar-refractivity contribution in [2.75, 3.05) is 50.1 Å². The SMILES string of the molecule is C=CCOc1cc2ncc(C#N)c(N3CCN([C](=[V])Nc4cc[c-]cc4)CC3)c2cc1OC.[Y]. The van der Waals surface area contributed by atoms with Crippen LogP contribution < -0.4 is 19.7 Å². The number of hydrogen-bond donors (Lipinski definition) is 1. The fourth-order valence-corrected chi connectivity index (χ4v) is 4.36. The number of hydrogen-bond acceptors (Lipinski definition) is 7. The molecule has 34 heavy (non-hydrogen) atoms. The van der Waals surface area contributed by atoms with Gasteiger partial charge in [0.1, 0.15) is 0 Å². The summed E-state index contributed by atoms with van der Waals surface area (Å²) >= 11 is 2.62. The molecule has 1 radical (unpaired) electrons. The zero-order valence-corrected chi connectivity index (χ0v) is 23.2. The third kappa shape index (κ3) is 5.89. The Hall–Kier alpha value is -2.20. The number of fused-ring (bicyclic) bond motifs is 1. The Morgan fingerprint density at radius 2 is 2.00 bits per heavy atom. The number of nitrogens with zero attached hydrogens (tertiary/aromatic N) is 4. The van der Waals surface area contributed by atoms with E-state index in [4.69, 9.17) is 9.47 Å². The molecular formula is C25H24N5O2VY-. The van der Waals surface area contributed by atoms with Crippen molar-refractivity contribution >= 4 is 26.8 Å². The van der Waals surface area contributed by atoms with Crippen LogP contribution in [-0.2, 0) is 49.7 Å². The van der Waals surface area contributed by atoms with Crippen LogP contribution in [0.2, 0.25) is 0 Å². The van der Waals surface area contributed by atoms with Crippen LogP contribution in [0.15, 0.2) is 55.3 Å². The predicted molar refractivity (Wildman–Crippen MR) is 126 cm³/mol. The Labute approximate surface area is 234 Å². The molecule has 170 valence electrons. The van der Waals surface area contributed by atoms with Gasteiger partial charge in [-0.25, -0.2) is 0 Å². The van der Waals surface area contributed by atoms with E-state index in [9.17, 15) is 5.26 Å². The van der Waals surface area contributed by atoms with Crippen LogP contribution >= 0.6 is 0 Å². The third-order valence-electron chi connectivity index (χ3n) is 5.47. The van der Waals surface area contributed by atoms with E-state index in [1.54, 1.807) is 19.4 Å². The number of ether oxygens (including phenoxy) is 2. The molecule has 0 amide bonds. The first kappa shape index (κ1) is 26.4. The van der Waals surface area contributed by atoms with Crippen LogP contribution in [0.1, 0.15) is 5.56 Å². The molecule has 2 aromatic carbocycles. The van der Waals surface area contributed by atoms with Crippen LogP contribution in [0, 0.1) is 17.4 Å². The standard InChI is InChI=1S/C25H24N5O2.V.Y/c1-3-13-32-24-15-22-21(14-23(24)31-2)25(19(16-26)17-27-22)30-11-9-29(10-12-30)18-28-20-7-5-4-6-8-20;;/h3,5-8,14-15,17,28H,1,9-13H2,2H3;;/q-1;;. The topological polar surface area (TPSA) is 73.7 Å². The van der Waals surface area contributed by atoms with Gasteiger partial charge in [-0.2, -0.15) is 0 Å². The summed E-state index contributed by atoms with van der Waals surface area (Å²) in [5, 5.41) is 14.1. The van der Waals surface area contributed by atoms with Crippen molar-refractivity contribution < 1.29 is 59.2 Å². The van der Waals surface area contributed by atoms with Crippen LogP contribution in [0.4, 0.5) is 11.4 Å². The summed E-state index contributed by atoms with van der Waals surface area (Å²) in [6.45, 7) is 7.26. The second-order valence-electron chi connectivity index (χ2n) is 7.46. The summed E-state index contributed by atoms with van der Waals surface area (Å²) in [5.41, 5.74) is 3.22. The van der Waals surface area contributed by atoms with E-state index in [2.05, 4.69) is 55.8 Å². The van der Waals surface area contributed by atoms with E-state index < -0.39 is 0 Å². The van der Waals surface area contributed by atoms with Gasteiger partial charge in [-0.15, -0.1) is 0 Å². The van der Waals surface area contributed by atoms with E-state index in [1.165, 1.54) is 0 Å². The summed E-state index contributed by atoms with van der Waals surface area (Å²) < 4.78 is 12.3. The van der Waals surface area contributed by atoms with Crippen LogP contribution in [0.5, 0.6) is 11.5 Å². The molecule has 1 aromatic heterocycles. The van der Waals surface area contributed by atoms with Gasteiger partial charge in [0.2, 0.25) is 0 Å². The molecule has 2 heterocycles. The molecule has 3 aromatic rings. The molecule has 0 atom stereocenters. The maximum absolute atomic E-state index is 9.80. The first-order valence-electron chi connectivity index (χ1n) is 10.6. The number of rotatable bonds is 8.